The van der Waals surface area contributed by atoms with Gasteiger partial charge in [-0.05, 0) is 24.3 Å². The molecule has 4 rings (SSSR count). The van der Waals surface area contributed by atoms with Crippen molar-refractivity contribution in [2.24, 2.45) is 0 Å². The van der Waals surface area contributed by atoms with E-state index in [1.165, 1.54) is 12.1 Å². The van der Waals surface area contributed by atoms with Crippen LogP contribution in [0, 0.1) is 5.82 Å². The molecular weight excluding hydrogens is 357 g/mol. The fraction of sp³-hybridized carbons (Fsp3) is 0.118. The van der Waals surface area contributed by atoms with E-state index >= 15 is 0 Å². The Bertz CT molecular complexity index is 1090. The summed E-state index contributed by atoms with van der Waals surface area (Å²) in [6.07, 6.45) is 1.61. The summed E-state index contributed by atoms with van der Waals surface area (Å²) in [5.74, 6) is 0.636. The Morgan fingerprint density at radius 2 is 1.92 bits per heavy atom. The highest BCUT2D eigenvalue weighted by molar-refractivity contribution is 6.29. The van der Waals surface area contributed by atoms with Crippen LogP contribution in [-0.2, 0) is 0 Å². The number of hydrogen-bond acceptors (Lipinski definition) is 6. The van der Waals surface area contributed by atoms with Crippen LogP contribution >= 0.6 is 11.6 Å². The normalized spacial score (nSPS) is 11.1. The van der Waals surface area contributed by atoms with E-state index in [9.17, 15) is 4.39 Å². The Labute approximate surface area is 153 Å². The molecule has 0 aliphatic rings. The van der Waals surface area contributed by atoms with Gasteiger partial charge in [-0.3, -0.25) is 0 Å². The lowest BCUT2D eigenvalue weighted by atomic mass is 10.2. The highest BCUT2D eigenvalue weighted by Gasteiger charge is 2.17. The molecular formula is C17H13ClFN7. The molecule has 0 fully saturated rings. The molecule has 4 aromatic rings. The predicted molar refractivity (Wildman–Crippen MR) is 96.8 cm³/mol. The number of imidazole rings is 1. The number of nitrogens with zero attached hydrogens (tertiary/aromatic N) is 7. The van der Waals surface area contributed by atoms with Gasteiger partial charge in [0.25, 0.3) is 0 Å². The van der Waals surface area contributed by atoms with E-state index < -0.39 is 0 Å². The van der Waals surface area contributed by atoms with Crippen molar-refractivity contribution in [1.29, 1.82) is 0 Å². The van der Waals surface area contributed by atoms with Crippen LogP contribution in [0.15, 0.2) is 42.6 Å². The fourth-order valence-corrected chi connectivity index (χ4v) is 2.72. The third-order valence-corrected chi connectivity index (χ3v) is 3.92. The third kappa shape index (κ3) is 2.84. The first-order valence-corrected chi connectivity index (χ1v) is 8.09. The summed E-state index contributed by atoms with van der Waals surface area (Å²) in [5.41, 5.74) is 2.30. The molecule has 0 spiro atoms. The molecule has 0 aliphatic heterocycles. The third-order valence-electron chi connectivity index (χ3n) is 3.72. The van der Waals surface area contributed by atoms with Crippen molar-refractivity contribution < 1.29 is 4.39 Å². The highest BCUT2D eigenvalue weighted by atomic mass is 35.5. The van der Waals surface area contributed by atoms with Crippen molar-refractivity contribution in [1.82, 2.24) is 29.8 Å². The quantitative estimate of drug-likeness (QED) is 0.553. The molecule has 0 aliphatic carbocycles. The largest absolute Gasteiger partial charge is 0.315 e. The van der Waals surface area contributed by atoms with Crippen molar-refractivity contribution in [3.63, 3.8) is 0 Å². The van der Waals surface area contributed by atoms with Gasteiger partial charge in [0.1, 0.15) is 17.0 Å². The summed E-state index contributed by atoms with van der Waals surface area (Å²) in [5, 5.41) is 9.94. The minimum atomic E-state index is -0.330. The van der Waals surface area contributed by atoms with Gasteiger partial charge in [-0.2, -0.15) is 0 Å². The van der Waals surface area contributed by atoms with Crippen LogP contribution in [0.2, 0.25) is 5.15 Å². The average molecular weight is 370 g/mol. The number of fused-ring (bicyclic) bond motifs is 1. The van der Waals surface area contributed by atoms with Gasteiger partial charge in [-0.25, -0.2) is 24.0 Å². The van der Waals surface area contributed by atoms with Crippen LogP contribution in [-0.4, -0.2) is 43.9 Å². The summed E-state index contributed by atoms with van der Waals surface area (Å²) >= 11 is 5.78. The first-order valence-electron chi connectivity index (χ1n) is 7.71. The second-order valence-electron chi connectivity index (χ2n) is 5.75. The zero-order chi connectivity index (χ0) is 18.3. The van der Waals surface area contributed by atoms with E-state index in [0.29, 0.717) is 39.2 Å². The molecule has 0 amide bonds. The molecule has 3 heterocycles. The van der Waals surface area contributed by atoms with Gasteiger partial charge >= 0.3 is 0 Å². The van der Waals surface area contributed by atoms with Gasteiger partial charge in [0.2, 0.25) is 0 Å². The molecule has 0 bridgehead atoms. The van der Waals surface area contributed by atoms with Crippen molar-refractivity contribution in [3.05, 3.63) is 53.6 Å². The standard InChI is InChI=1S/C17H13ClFN7/c1-25(2)26-16(10-4-3-5-11(19)8-10)21-13-9-20-15(22-17(13)26)12-6-7-14(18)24-23-12/h3-9H,1-2H3. The Kier molecular flexibility index (Phi) is 3.96. The molecule has 0 unspecified atom stereocenters. The van der Waals surface area contributed by atoms with Crippen LogP contribution < -0.4 is 5.01 Å². The molecule has 130 valence electrons. The van der Waals surface area contributed by atoms with Crippen LogP contribution in [0.3, 0.4) is 0 Å². The van der Waals surface area contributed by atoms with Gasteiger partial charge in [0.15, 0.2) is 22.4 Å². The molecule has 0 saturated heterocycles. The van der Waals surface area contributed by atoms with Crippen molar-refractivity contribution in [3.8, 4) is 22.9 Å². The SMILES string of the molecule is CN(C)n1c(-c2cccc(F)c2)nc2cnc(-c3ccc(Cl)nn3)nc21. The van der Waals surface area contributed by atoms with Crippen LogP contribution in [0.1, 0.15) is 0 Å². The summed E-state index contributed by atoms with van der Waals surface area (Å²) in [7, 11) is 3.71. The molecule has 0 radical (unpaired) electrons. The van der Waals surface area contributed by atoms with Crippen LogP contribution in [0.5, 0.6) is 0 Å². The summed E-state index contributed by atoms with van der Waals surface area (Å²) in [6.45, 7) is 0. The molecule has 0 N–H and O–H groups in total. The molecule has 0 saturated carbocycles. The first kappa shape index (κ1) is 16.3. The first-order chi connectivity index (χ1) is 12.5. The Hall–Kier alpha value is -3.13. The number of benzene rings is 1. The van der Waals surface area contributed by atoms with Crippen molar-refractivity contribution in [2.45, 2.75) is 0 Å². The smallest absolute Gasteiger partial charge is 0.183 e. The minimum Gasteiger partial charge on any atom is -0.315 e. The molecule has 0 atom stereocenters. The topological polar surface area (TPSA) is 72.6 Å². The van der Waals surface area contributed by atoms with E-state index in [4.69, 9.17) is 11.6 Å². The second kappa shape index (κ2) is 6.30. The van der Waals surface area contributed by atoms with Crippen molar-refractivity contribution in [2.75, 3.05) is 19.1 Å². The van der Waals surface area contributed by atoms with E-state index in [0.717, 1.165) is 0 Å². The minimum absolute atomic E-state index is 0.293. The maximum atomic E-state index is 13.7. The number of halogens is 2. The highest BCUT2D eigenvalue weighted by Crippen LogP contribution is 2.25. The van der Waals surface area contributed by atoms with E-state index in [1.54, 1.807) is 35.1 Å². The maximum absolute atomic E-state index is 13.7. The molecule has 9 heteroatoms. The summed E-state index contributed by atoms with van der Waals surface area (Å²) in [6, 6.07) is 9.58. The van der Waals surface area contributed by atoms with Gasteiger partial charge in [-0.15, -0.1) is 10.2 Å². The molecule has 3 aromatic heterocycles. The number of rotatable bonds is 3. The van der Waals surface area contributed by atoms with Crippen LogP contribution in [0.4, 0.5) is 4.39 Å². The fourth-order valence-electron chi connectivity index (χ4n) is 2.61. The van der Waals surface area contributed by atoms with Crippen molar-refractivity contribution >= 4 is 22.8 Å². The molecule has 26 heavy (non-hydrogen) atoms. The Morgan fingerprint density at radius 3 is 2.62 bits per heavy atom. The zero-order valence-corrected chi connectivity index (χ0v) is 14.7. The van der Waals surface area contributed by atoms with E-state index in [-0.39, 0.29) is 5.82 Å². The summed E-state index contributed by atoms with van der Waals surface area (Å²) < 4.78 is 15.4. The van der Waals surface area contributed by atoms with E-state index in [2.05, 4.69) is 25.1 Å². The molecule has 1 aromatic carbocycles. The zero-order valence-electron chi connectivity index (χ0n) is 13.9. The lowest BCUT2D eigenvalue weighted by Crippen LogP contribution is -2.26. The Balaban J connectivity index is 1.92. The second-order valence-corrected chi connectivity index (χ2v) is 6.14. The predicted octanol–water partition coefficient (Wildman–Crippen LogP) is 2.94. The van der Waals surface area contributed by atoms with E-state index in [1.807, 2.05) is 19.1 Å². The summed E-state index contributed by atoms with van der Waals surface area (Å²) in [4.78, 5) is 13.4. The number of hydrogen-bond donors (Lipinski definition) is 0. The van der Waals surface area contributed by atoms with Gasteiger partial charge in [0, 0.05) is 19.7 Å². The van der Waals surface area contributed by atoms with Gasteiger partial charge < -0.3 is 5.01 Å². The Morgan fingerprint density at radius 1 is 1.08 bits per heavy atom. The van der Waals surface area contributed by atoms with Gasteiger partial charge in [-0.1, -0.05) is 23.7 Å². The van der Waals surface area contributed by atoms with Gasteiger partial charge in [0.05, 0.1) is 6.20 Å². The molecule has 7 nitrogen and oxygen atoms in total. The monoisotopic (exact) mass is 369 g/mol. The lowest BCUT2D eigenvalue weighted by molar-refractivity contribution is 0.628. The number of aromatic nitrogens is 6. The average Bonchev–Trinajstić information content (AvgIpc) is 3.01. The maximum Gasteiger partial charge on any atom is 0.183 e. The lowest BCUT2D eigenvalue weighted by Gasteiger charge is -2.17. The van der Waals surface area contributed by atoms with Crippen LogP contribution in [0.25, 0.3) is 34.1 Å².